The zero-order valence-electron chi connectivity index (χ0n) is 9.85. The number of rotatable bonds is 4. The highest BCUT2D eigenvalue weighted by Crippen LogP contribution is 2.25. The summed E-state index contributed by atoms with van der Waals surface area (Å²) < 4.78 is 0. The number of nitro benzene ring substituents is 1. The lowest BCUT2D eigenvalue weighted by Crippen LogP contribution is -2.13. The van der Waals surface area contributed by atoms with Crippen molar-refractivity contribution in [2.45, 2.75) is 0 Å². The third-order valence-electron chi connectivity index (χ3n) is 2.16. The molecule has 10 nitrogen and oxygen atoms in total. The van der Waals surface area contributed by atoms with E-state index in [0.29, 0.717) is 5.56 Å². The van der Waals surface area contributed by atoms with Crippen molar-refractivity contribution in [3.63, 3.8) is 0 Å². The zero-order chi connectivity index (χ0) is 14.5. The number of nitro groups is 1. The Bertz CT molecular complexity index is 726. The van der Waals surface area contributed by atoms with Crippen LogP contribution in [0.3, 0.4) is 0 Å². The molecule has 0 aliphatic carbocycles. The molecule has 0 spiro atoms. The number of phenolic OH excluding ortho intramolecular Hbond substituents is 1. The molecule has 2 rings (SSSR count). The molecule has 1 aromatic carbocycles. The van der Waals surface area contributed by atoms with Gasteiger partial charge in [-0.15, -0.1) is 0 Å². The Kier molecular flexibility index (Phi) is 3.65. The van der Waals surface area contributed by atoms with Gasteiger partial charge in [0.25, 0.3) is 0 Å². The molecule has 2 aromatic rings. The van der Waals surface area contributed by atoms with E-state index < -0.39 is 22.0 Å². The predicted molar refractivity (Wildman–Crippen MR) is 68.6 cm³/mol. The molecule has 0 unspecified atom stereocenters. The number of aromatic amines is 1. The molecule has 3 N–H and O–H groups in total. The highest BCUT2D eigenvalue weighted by molar-refractivity contribution is 5.81. The van der Waals surface area contributed by atoms with Crippen molar-refractivity contribution in [2.75, 3.05) is 5.43 Å². The lowest BCUT2D eigenvalue weighted by molar-refractivity contribution is -0.385. The van der Waals surface area contributed by atoms with Crippen molar-refractivity contribution in [1.29, 1.82) is 0 Å². The van der Waals surface area contributed by atoms with Crippen molar-refractivity contribution in [2.24, 2.45) is 5.10 Å². The Balaban J connectivity index is 2.14. The Morgan fingerprint density at radius 2 is 2.30 bits per heavy atom. The summed E-state index contributed by atoms with van der Waals surface area (Å²) in [5.41, 5.74) is 1.77. The molecule has 0 saturated heterocycles. The lowest BCUT2D eigenvalue weighted by atomic mass is 10.2. The van der Waals surface area contributed by atoms with Crippen LogP contribution in [0.1, 0.15) is 5.56 Å². The van der Waals surface area contributed by atoms with Crippen LogP contribution in [0.5, 0.6) is 5.75 Å². The van der Waals surface area contributed by atoms with Gasteiger partial charge in [0.2, 0.25) is 0 Å². The van der Waals surface area contributed by atoms with Crippen molar-refractivity contribution in [1.82, 2.24) is 15.2 Å². The fourth-order valence-electron chi connectivity index (χ4n) is 1.31. The maximum absolute atomic E-state index is 10.9. The zero-order valence-corrected chi connectivity index (χ0v) is 9.85. The maximum atomic E-state index is 10.9. The second kappa shape index (κ2) is 5.56. The quantitative estimate of drug-likeness (QED) is 0.411. The van der Waals surface area contributed by atoms with E-state index in [2.05, 4.69) is 25.7 Å². The summed E-state index contributed by atoms with van der Waals surface area (Å²) in [5, 5.41) is 29.3. The molecule has 10 heteroatoms. The SMILES string of the molecule is O=c1nc(N/N=C/c2ccc(O)c([N+](=O)[O-])c2)cn[nH]1. The van der Waals surface area contributed by atoms with Gasteiger partial charge in [-0.2, -0.15) is 15.2 Å². The van der Waals surface area contributed by atoms with Gasteiger partial charge in [-0.05, 0) is 12.1 Å². The third kappa shape index (κ3) is 3.13. The van der Waals surface area contributed by atoms with Crippen LogP contribution in [-0.4, -0.2) is 31.4 Å². The summed E-state index contributed by atoms with van der Waals surface area (Å²) in [6, 6.07) is 3.79. The summed E-state index contributed by atoms with van der Waals surface area (Å²) >= 11 is 0. The van der Waals surface area contributed by atoms with Gasteiger partial charge in [-0.1, -0.05) is 0 Å². The first-order chi connectivity index (χ1) is 9.56. The Labute approximate surface area is 111 Å². The van der Waals surface area contributed by atoms with Crippen LogP contribution in [0, 0.1) is 10.1 Å². The number of nitrogens with zero attached hydrogens (tertiary/aromatic N) is 4. The molecule has 0 fully saturated rings. The molecule has 0 atom stereocenters. The van der Waals surface area contributed by atoms with Gasteiger partial charge < -0.3 is 5.11 Å². The molecule has 0 saturated carbocycles. The van der Waals surface area contributed by atoms with E-state index in [9.17, 15) is 20.0 Å². The summed E-state index contributed by atoms with van der Waals surface area (Å²) in [6.45, 7) is 0. The molecule has 20 heavy (non-hydrogen) atoms. The number of hydrogen-bond donors (Lipinski definition) is 3. The fraction of sp³-hybridized carbons (Fsp3) is 0. The Morgan fingerprint density at radius 3 is 3.00 bits per heavy atom. The molecule has 0 amide bonds. The van der Waals surface area contributed by atoms with Gasteiger partial charge in [0.15, 0.2) is 11.6 Å². The van der Waals surface area contributed by atoms with Crippen LogP contribution in [-0.2, 0) is 0 Å². The molecule has 0 radical (unpaired) electrons. The minimum Gasteiger partial charge on any atom is -0.502 e. The Morgan fingerprint density at radius 1 is 1.50 bits per heavy atom. The monoisotopic (exact) mass is 276 g/mol. The lowest BCUT2D eigenvalue weighted by Gasteiger charge is -1.98. The number of phenols is 1. The van der Waals surface area contributed by atoms with E-state index in [-0.39, 0.29) is 5.82 Å². The van der Waals surface area contributed by atoms with E-state index in [1.54, 1.807) is 0 Å². The van der Waals surface area contributed by atoms with E-state index in [1.807, 2.05) is 0 Å². The number of anilines is 1. The van der Waals surface area contributed by atoms with Crippen molar-refractivity contribution in [3.8, 4) is 5.75 Å². The van der Waals surface area contributed by atoms with Crippen LogP contribution in [0.4, 0.5) is 11.5 Å². The van der Waals surface area contributed by atoms with Gasteiger partial charge in [-0.25, -0.2) is 9.89 Å². The summed E-state index contributed by atoms with van der Waals surface area (Å²) in [4.78, 5) is 24.3. The highest BCUT2D eigenvalue weighted by Gasteiger charge is 2.12. The number of aromatic hydroxyl groups is 1. The molecule has 1 aromatic heterocycles. The van der Waals surface area contributed by atoms with Crippen molar-refractivity contribution in [3.05, 3.63) is 50.6 Å². The van der Waals surface area contributed by atoms with E-state index in [4.69, 9.17) is 0 Å². The van der Waals surface area contributed by atoms with Crippen LogP contribution in [0.25, 0.3) is 0 Å². The van der Waals surface area contributed by atoms with E-state index >= 15 is 0 Å². The molecule has 102 valence electrons. The minimum absolute atomic E-state index is 0.123. The van der Waals surface area contributed by atoms with Gasteiger partial charge in [-0.3, -0.25) is 15.5 Å². The van der Waals surface area contributed by atoms with E-state index in [1.165, 1.54) is 24.5 Å². The smallest absolute Gasteiger partial charge is 0.363 e. The van der Waals surface area contributed by atoms with Crippen LogP contribution in [0.15, 0.2) is 34.3 Å². The number of hydrazone groups is 1. The first-order valence-corrected chi connectivity index (χ1v) is 5.24. The highest BCUT2D eigenvalue weighted by atomic mass is 16.6. The molecular weight excluding hydrogens is 268 g/mol. The average molecular weight is 276 g/mol. The first kappa shape index (κ1) is 13.1. The van der Waals surface area contributed by atoms with Crippen LogP contribution < -0.4 is 11.1 Å². The third-order valence-corrected chi connectivity index (χ3v) is 2.16. The molecule has 1 heterocycles. The number of nitrogens with one attached hydrogen (secondary N) is 2. The van der Waals surface area contributed by atoms with Crippen molar-refractivity contribution < 1.29 is 10.0 Å². The summed E-state index contributed by atoms with van der Waals surface area (Å²) in [6.07, 6.45) is 2.52. The number of aromatic nitrogens is 3. The van der Waals surface area contributed by atoms with Crippen LogP contribution in [0.2, 0.25) is 0 Å². The molecule has 0 aliphatic heterocycles. The van der Waals surface area contributed by atoms with Gasteiger partial charge in [0, 0.05) is 11.6 Å². The van der Waals surface area contributed by atoms with Gasteiger partial charge in [0.05, 0.1) is 17.3 Å². The summed E-state index contributed by atoms with van der Waals surface area (Å²) in [5.74, 6) is -0.307. The van der Waals surface area contributed by atoms with Crippen molar-refractivity contribution >= 4 is 17.7 Å². The number of benzene rings is 1. The van der Waals surface area contributed by atoms with Gasteiger partial charge in [0.1, 0.15) is 0 Å². The number of hydrogen-bond acceptors (Lipinski definition) is 8. The molecule has 0 bridgehead atoms. The van der Waals surface area contributed by atoms with Crippen LogP contribution >= 0.6 is 0 Å². The number of H-pyrrole nitrogens is 1. The largest absolute Gasteiger partial charge is 0.502 e. The molecule has 0 aliphatic rings. The minimum atomic E-state index is -0.706. The summed E-state index contributed by atoms with van der Waals surface area (Å²) in [7, 11) is 0. The second-order valence-corrected chi connectivity index (χ2v) is 3.55. The predicted octanol–water partition coefficient (Wildman–Crippen LogP) is 0.225. The maximum Gasteiger partial charge on any atom is 0.363 e. The normalized spacial score (nSPS) is 10.6. The Hall–Kier alpha value is -3.30. The molecular formula is C10H8N6O4. The topological polar surface area (TPSA) is 146 Å². The second-order valence-electron chi connectivity index (χ2n) is 3.55. The van der Waals surface area contributed by atoms with E-state index in [0.717, 1.165) is 6.07 Å². The fourth-order valence-corrected chi connectivity index (χ4v) is 1.31. The van der Waals surface area contributed by atoms with Gasteiger partial charge >= 0.3 is 11.4 Å². The standard InChI is InChI=1S/C10H8N6O4/c17-8-2-1-6(3-7(8)16(19)20)4-11-14-9-5-12-15-10(18)13-9/h1-5,17H,(H2,13,14,15,18)/b11-4+. The first-order valence-electron chi connectivity index (χ1n) is 5.24. The average Bonchev–Trinajstić information content (AvgIpc) is 2.40.